The molecule has 3 aromatic heterocycles. The summed E-state index contributed by atoms with van der Waals surface area (Å²) in [5.74, 6) is 0.929. The Kier molecular flexibility index (Phi) is 6.93. The molecule has 0 aliphatic carbocycles. The topological polar surface area (TPSA) is 106 Å². The number of pyridine rings is 1. The quantitative estimate of drug-likeness (QED) is 0.330. The number of aromatic nitrogens is 4. The number of anilines is 3. The number of nitrogens with zero attached hydrogens (tertiary/aromatic N) is 5. The van der Waals surface area contributed by atoms with Gasteiger partial charge in [0.15, 0.2) is 0 Å². The largest absolute Gasteiger partial charge is 0.494 e. The molecule has 0 saturated carbocycles. The molecule has 11 heteroatoms. The lowest BCUT2D eigenvalue weighted by atomic mass is 10.2. The van der Waals surface area contributed by atoms with Crippen molar-refractivity contribution in [2.24, 2.45) is 0 Å². The highest BCUT2D eigenvalue weighted by atomic mass is 35.5. The van der Waals surface area contributed by atoms with Crippen molar-refractivity contribution in [3.05, 3.63) is 66.6 Å². The molecule has 1 saturated heterocycles. The van der Waals surface area contributed by atoms with Gasteiger partial charge in [-0.15, -0.1) is 0 Å². The first kappa shape index (κ1) is 24.5. The molecule has 1 atom stereocenters. The Morgan fingerprint density at radius 3 is 2.86 bits per heavy atom. The van der Waals surface area contributed by atoms with Crippen molar-refractivity contribution in [2.75, 3.05) is 37.9 Å². The molecule has 0 spiro atoms. The van der Waals surface area contributed by atoms with Gasteiger partial charge in [0.2, 0.25) is 11.9 Å². The molecule has 1 aliphatic rings. The summed E-state index contributed by atoms with van der Waals surface area (Å²) in [6, 6.07) is 9.21. The van der Waals surface area contributed by atoms with Gasteiger partial charge >= 0.3 is 0 Å². The standard InChI is InChI=1S/C26H26ClN7O3/c1-4-24(35)30-20-11-19(22(36-3)12-23(20)37-16-8-10-33(2)15-16)31-26-28-14-18(27)25(32-26)17-13-29-34-9-6-5-7-21(17)34/h4-7,9,11-14,16H,1,8,10,15H2,2-3H3,(H,30,35)(H,28,31,32). The fourth-order valence-corrected chi connectivity index (χ4v) is 4.42. The van der Waals surface area contributed by atoms with E-state index in [1.807, 2.05) is 31.4 Å². The van der Waals surface area contributed by atoms with Crippen LogP contribution in [0.25, 0.3) is 16.8 Å². The van der Waals surface area contributed by atoms with Crippen LogP contribution >= 0.6 is 11.6 Å². The molecule has 2 N–H and O–H groups in total. The third-order valence-electron chi connectivity index (χ3n) is 6.06. The van der Waals surface area contributed by atoms with Crippen LogP contribution in [0.15, 0.2) is 61.6 Å². The number of rotatable bonds is 8. The number of ether oxygens (including phenoxy) is 2. The minimum absolute atomic E-state index is 0.000836. The number of fused-ring (bicyclic) bond motifs is 1. The molecule has 37 heavy (non-hydrogen) atoms. The minimum Gasteiger partial charge on any atom is -0.494 e. The maximum atomic E-state index is 12.2. The van der Waals surface area contributed by atoms with Gasteiger partial charge < -0.3 is 25.0 Å². The number of hydrogen-bond donors (Lipinski definition) is 2. The molecule has 1 unspecified atom stereocenters. The summed E-state index contributed by atoms with van der Waals surface area (Å²) in [6.07, 6.45) is 7.18. The predicted molar refractivity (Wildman–Crippen MR) is 143 cm³/mol. The minimum atomic E-state index is -0.359. The first-order valence-corrected chi connectivity index (χ1v) is 12.1. The fourth-order valence-electron chi connectivity index (χ4n) is 4.23. The van der Waals surface area contributed by atoms with E-state index in [1.54, 1.807) is 30.0 Å². The van der Waals surface area contributed by atoms with Gasteiger partial charge in [-0.25, -0.2) is 14.5 Å². The number of methoxy groups -OCH3 is 1. The summed E-state index contributed by atoms with van der Waals surface area (Å²) in [7, 11) is 3.60. The third-order valence-corrected chi connectivity index (χ3v) is 6.34. The summed E-state index contributed by atoms with van der Waals surface area (Å²) in [5.41, 5.74) is 3.17. The highest BCUT2D eigenvalue weighted by Gasteiger charge is 2.24. The summed E-state index contributed by atoms with van der Waals surface area (Å²) in [6.45, 7) is 5.29. The molecule has 1 aromatic carbocycles. The second-order valence-electron chi connectivity index (χ2n) is 8.64. The first-order valence-electron chi connectivity index (χ1n) is 11.7. The lowest BCUT2D eigenvalue weighted by Gasteiger charge is -2.20. The molecule has 0 radical (unpaired) electrons. The molecule has 190 valence electrons. The SMILES string of the molecule is C=CC(=O)Nc1cc(Nc2ncc(Cl)c(-c3cnn4ccccc34)n2)c(OC)cc1OC1CCN(C)C1. The fraction of sp³-hybridized carbons (Fsp3) is 0.231. The monoisotopic (exact) mass is 519 g/mol. The van der Waals surface area contributed by atoms with Crippen LogP contribution in [0.3, 0.4) is 0 Å². The van der Waals surface area contributed by atoms with Crippen molar-refractivity contribution in [3.8, 4) is 22.8 Å². The summed E-state index contributed by atoms with van der Waals surface area (Å²) in [4.78, 5) is 23.4. The van der Waals surface area contributed by atoms with E-state index in [2.05, 4.69) is 37.2 Å². The van der Waals surface area contributed by atoms with Gasteiger partial charge in [-0.3, -0.25) is 4.79 Å². The summed E-state index contributed by atoms with van der Waals surface area (Å²) >= 11 is 6.47. The van der Waals surface area contributed by atoms with Gasteiger partial charge in [-0.05, 0) is 37.7 Å². The van der Waals surface area contributed by atoms with Crippen molar-refractivity contribution in [1.29, 1.82) is 0 Å². The molecule has 1 aliphatic heterocycles. The van der Waals surface area contributed by atoms with E-state index in [4.69, 9.17) is 21.1 Å². The van der Waals surface area contributed by atoms with Gasteiger partial charge in [-0.1, -0.05) is 24.2 Å². The smallest absolute Gasteiger partial charge is 0.247 e. The Labute approximate surface area is 218 Å². The lowest BCUT2D eigenvalue weighted by molar-refractivity contribution is -0.111. The highest BCUT2D eigenvalue weighted by molar-refractivity contribution is 6.33. The zero-order chi connectivity index (χ0) is 25.9. The Balaban J connectivity index is 1.50. The van der Waals surface area contributed by atoms with Crippen molar-refractivity contribution in [1.82, 2.24) is 24.5 Å². The van der Waals surface area contributed by atoms with Gasteiger partial charge in [0.05, 0.1) is 47.1 Å². The van der Waals surface area contributed by atoms with Crippen molar-refractivity contribution in [3.63, 3.8) is 0 Å². The zero-order valence-corrected chi connectivity index (χ0v) is 21.2. The summed E-state index contributed by atoms with van der Waals surface area (Å²) in [5, 5.41) is 10.8. The molecule has 10 nitrogen and oxygen atoms in total. The first-order chi connectivity index (χ1) is 17.9. The maximum Gasteiger partial charge on any atom is 0.247 e. The number of halogens is 1. The zero-order valence-electron chi connectivity index (χ0n) is 20.4. The van der Waals surface area contributed by atoms with E-state index in [9.17, 15) is 4.79 Å². The lowest BCUT2D eigenvalue weighted by Crippen LogP contribution is -2.22. The van der Waals surface area contributed by atoms with E-state index in [0.29, 0.717) is 39.5 Å². The van der Waals surface area contributed by atoms with Gasteiger partial charge in [0, 0.05) is 30.9 Å². The Morgan fingerprint density at radius 2 is 2.11 bits per heavy atom. The van der Waals surface area contributed by atoms with Gasteiger partial charge in [0.1, 0.15) is 17.6 Å². The second kappa shape index (κ2) is 10.5. The normalized spacial score (nSPS) is 15.5. The molecule has 0 bridgehead atoms. The van der Waals surface area contributed by atoms with Crippen LogP contribution in [0.2, 0.25) is 5.02 Å². The number of carbonyl (C=O) groups is 1. The van der Waals surface area contributed by atoms with Gasteiger partial charge in [0.25, 0.3) is 0 Å². The number of nitrogens with one attached hydrogen (secondary N) is 2. The molecular weight excluding hydrogens is 494 g/mol. The number of likely N-dealkylation sites (N-methyl/N-ethyl adjacent to an activating group) is 1. The summed E-state index contributed by atoms with van der Waals surface area (Å²) < 4.78 is 13.6. The van der Waals surface area contributed by atoms with Crippen LogP contribution in [0.4, 0.5) is 17.3 Å². The Morgan fingerprint density at radius 1 is 1.24 bits per heavy atom. The van der Waals surface area contributed by atoms with Crippen LogP contribution in [0, 0.1) is 0 Å². The molecule has 1 fully saturated rings. The average molecular weight is 520 g/mol. The van der Waals surface area contributed by atoms with Crippen LogP contribution in [-0.2, 0) is 4.79 Å². The number of amides is 1. The van der Waals surface area contributed by atoms with Crippen LogP contribution in [0.1, 0.15) is 6.42 Å². The molecular formula is C26H26ClN7O3. The molecule has 4 heterocycles. The third kappa shape index (κ3) is 5.20. The van der Waals surface area contributed by atoms with E-state index >= 15 is 0 Å². The van der Waals surface area contributed by atoms with E-state index in [1.165, 1.54) is 12.3 Å². The molecule has 4 aromatic rings. The Hall–Kier alpha value is -4.15. The van der Waals surface area contributed by atoms with Crippen LogP contribution in [-0.4, -0.2) is 63.7 Å². The Bertz CT molecular complexity index is 1470. The van der Waals surface area contributed by atoms with Crippen LogP contribution < -0.4 is 20.1 Å². The van der Waals surface area contributed by atoms with Gasteiger partial charge in [-0.2, -0.15) is 5.10 Å². The predicted octanol–water partition coefficient (Wildman–Crippen LogP) is 4.40. The number of likely N-dealkylation sites (tertiary alicyclic amines) is 1. The molecule has 5 rings (SSSR count). The van der Waals surface area contributed by atoms with Crippen molar-refractivity contribution in [2.45, 2.75) is 12.5 Å². The van der Waals surface area contributed by atoms with E-state index in [-0.39, 0.29) is 12.0 Å². The molecule has 1 amide bonds. The second-order valence-corrected chi connectivity index (χ2v) is 9.04. The average Bonchev–Trinajstić information content (AvgIpc) is 3.52. The van der Waals surface area contributed by atoms with E-state index < -0.39 is 0 Å². The van der Waals surface area contributed by atoms with Crippen LogP contribution in [0.5, 0.6) is 11.5 Å². The van der Waals surface area contributed by atoms with E-state index in [0.717, 1.165) is 30.6 Å². The van der Waals surface area contributed by atoms with Crippen molar-refractivity contribution < 1.29 is 14.3 Å². The van der Waals surface area contributed by atoms with Crippen molar-refractivity contribution >= 4 is 40.3 Å². The number of hydrogen-bond acceptors (Lipinski definition) is 8. The maximum absolute atomic E-state index is 12.2. The highest BCUT2D eigenvalue weighted by Crippen LogP contribution is 2.39. The number of benzene rings is 1. The number of carbonyl (C=O) groups excluding carboxylic acids is 1.